The van der Waals surface area contributed by atoms with E-state index in [1.54, 1.807) is 24.2 Å². The maximum absolute atomic E-state index is 12.0. The van der Waals surface area contributed by atoms with Crippen molar-refractivity contribution in [2.24, 2.45) is 5.92 Å². The number of nitrogens with one attached hydrogen (secondary N) is 1. The fourth-order valence-corrected chi connectivity index (χ4v) is 3.85. The third kappa shape index (κ3) is 11.2. The van der Waals surface area contributed by atoms with Crippen molar-refractivity contribution in [2.75, 3.05) is 18.6 Å². The molecule has 156 valence electrons. The van der Waals surface area contributed by atoms with Crippen LogP contribution in [0.2, 0.25) is 0 Å². The molecule has 0 saturated heterocycles. The molecule has 0 fully saturated rings. The van der Waals surface area contributed by atoms with Crippen molar-refractivity contribution in [1.82, 2.24) is 9.97 Å². The number of esters is 1. The number of hydrogen-bond donors (Lipinski definition) is 1. The fraction of sp³-hybridized carbons (Fsp3) is 0.565. The molecular weight excluding hydrogens is 368 g/mol. The van der Waals surface area contributed by atoms with Crippen molar-refractivity contribution in [3.8, 4) is 0 Å². The molecule has 1 atom stereocenters. The first-order valence-electron chi connectivity index (χ1n) is 10.0. The van der Waals surface area contributed by atoms with Crippen molar-refractivity contribution < 1.29 is 9.53 Å². The number of carbonyl (C=O) groups excluding carboxylic acids is 1. The lowest BCUT2D eigenvalue weighted by molar-refractivity contribution is -0.144. The van der Waals surface area contributed by atoms with Gasteiger partial charge in [-0.1, -0.05) is 34.9 Å². The van der Waals surface area contributed by atoms with E-state index in [0.717, 1.165) is 43.0 Å². The van der Waals surface area contributed by atoms with Crippen LogP contribution in [-0.2, 0) is 16.0 Å². The van der Waals surface area contributed by atoms with Crippen LogP contribution < -0.4 is 0 Å². The molecule has 28 heavy (non-hydrogen) atoms. The molecule has 1 rings (SSSR count). The number of methoxy groups -OCH3 is 1. The van der Waals surface area contributed by atoms with Crippen LogP contribution in [0.4, 0.5) is 0 Å². The minimum atomic E-state index is -0.168. The topological polar surface area (TPSA) is 55.0 Å². The van der Waals surface area contributed by atoms with Gasteiger partial charge in [-0.3, -0.25) is 4.79 Å². The molecule has 5 heteroatoms. The second-order valence-electron chi connectivity index (χ2n) is 7.46. The highest BCUT2D eigenvalue weighted by Crippen LogP contribution is 2.17. The van der Waals surface area contributed by atoms with E-state index in [4.69, 9.17) is 4.74 Å². The zero-order valence-electron chi connectivity index (χ0n) is 18.1. The summed E-state index contributed by atoms with van der Waals surface area (Å²) in [6.07, 6.45) is 15.5. The number of carbonyl (C=O) groups is 1. The third-order valence-corrected chi connectivity index (χ3v) is 5.56. The first-order chi connectivity index (χ1) is 13.4. The summed E-state index contributed by atoms with van der Waals surface area (Å²) in [5.74, 6) is 2.15. The summed E-state index contributed by atoms with van der Waals surface area (Å²) in [5, 5.41) is 0. The van der Waals surface area contributed by atoms with Crippen LogP contribution in [0.5, 0.6) is 0 Å². The number of H-pyrrole nitrogens is 1. The maximum atomic E-state index is 12.0. The summed E-state index contributed by atoms with van der Waals surface area (Å²) in [6.45, 7) is 8.71. The molecule has 4 nitrogen and oxygen atoms in total. The Bertz CT molecular complexity index is 656. The largest absolute Gasteiger partial charge is 0.469 e. The molecule has 0 spiro atoms. The van der Waals surface area contributed by atoms with E-state index in [2.05, 4.69) is 55.9 Å². The SMILES string of the molecule is COC(=O)C(CSC/C=C(\C)CC/C=C(\C)CCC=C(C)C)Cc1ncc[nH]1. The predicted molar refractivity (Wildman–Crippen MR) is 121 cm³/mol. The molecule has 0 saturated carbocycles. The molecular formula is C23H36N2O2S. The van der Waals surface area contributed by atoms with Crippen LogP contribution in [0.25, 0.3) is 0 Å². The maximum Gasteiger partial charge on any atom is 0.309 e. The van der Waals surface area contributed by atoms with Gasteiger partial charge in [0.05, 0.1) is 13.0 Å². The highest BCUT2D eigenvalue weighted by atomic mass is 32.2. The highest BCUT2D eigenvalue weighted by molar-refractivity contribution is 7.99. The lowest BCUT2D eigenvalue weighted by Gasteiger charge is -2.12. The third-order valence-electron chi connectivity index (χ3n) is 4.52. The number of allylic oxidation sites excluding steroid dienone is 5. The summed E-state index contributed by atoms with van der Waals surface area (Å²) < 4.78 is 4.94. The van der Waals surface area contributed by atoms with E-state index >= 15 is 0 Å². The first-order valence-corrected chi connectivity index (χ1v) is 11.2. The summed E-state index contributed by atoms with van der Waals surface area (Å²) in [7, 11) is 1.45. The molecule has 0 aliphatic rings. The van der Waals surface area contributed by atoms with Crippen LogP contribution in [0.15, 0.2) is 47.3 Å². The van der Waals surface area contributed by atoms with Gasteiger partial charge in [-0.05, 0) is 53.4 Å². The van der Waals surface area contributed by atoms with Gasteiger partial charge in [-0.25, -0.2) is 4.98 Å². The number of aromatic nitrogens is 2. The molecule has 0 bridgehead atoms. The summed E-state index contributed by atoms with van der Waals surface area (Å²) in [4.78, 5) is 19.2. The van der Waals surface area contributed by atoms with Crippen LogP contribution in [0.3, 0.4) is 0 Å². The molecule has 1 unspecified atom stereocenters. The summed E-state index contributed by atoms with van der Waals surface area (Å²) in [5.41, 5.74) is 4.27. The predicted octanol–water partition coefficient (Wildman–Crippen LogP) is 5.89. The smallest absolute Gasteiger partial charge is 0.309 e. The van der Waals surface area contributed by atoms with Crippen molar-refractivity contribution in [3.05, 3.63) is 53.2 Å². The number of rotatable bonds is 13. The highest BCUT2D eigenvalue weighted by Gasteiger charge is 2.20. The van der Waals surface area contributed by atoms with Crippen LogP contribution >= 0.6 is 11.8 Å². The second kappa shape index (κ2) is 14.3. The van der Waals surface area contributed by atoms with E-state index in [1.165, 1.54) is 23.8 Å². The van der Waals surface area contributed by atoms with Crippen LogP contribution in [-0.4, -0.2) is 34.6 Å². The Morgan fingerprint density at radius 2 is 1.82 bits per heavy atom. The number of ether oxygens (including phenoxy) is 1. The minimum absolute atomic E-state index is 0.166. The quantitative estimate of drug-likeness (QED) is 0.253. The average molecular weight is 405 g/mol. The van der Waals surface area contributed by atoms with Gasteiger partial charge < -0.3 is 9.72 Å². The van der Waals surface area contributed by atoms with E-state index in [1.807, 2.05) is 0 Å². The van der Waals surface area contributed by atoms with Gasteiger partial charge in [0.25, 0.3) is 0 Å². The van der Waals surface area contributed by atoms with Gasteiger partial charge in [0.15, 0.2) is 0 Å². The molecule has 0 amide bonds. The van der Waals surface area contributed by atoms with Crippen LogP contribution in [0, 0.1) is 5.92 Å². The summed E-state index contributed by atoms with van der Waals surface area (Å²) >= 11 is 1.77. The van der Waals surface area contributed by atoms with Crippen molar-refractivity contribution >= 4 is 17.7 Å². The zero-order chi connectivity index (χ0) is 20.8. The number of thioether (sulfide) groups is 1. The lowest BCUT2D eigenvalue weighted by Crippen LogP contribution is -2.21. The van der Waals surface area contributed by atoms with E-state index in [-0.39, 0.29) is 11.9 Å². The number of aromatic amines is 1. The van der Waals surface area contributed by atoms with Crippen molar-refractivity contribution in [2.45, 2.75) is 59.8 Å². The monoisotopic (exact) mass is 404 g/mol. The van der Waals surface area contributed by atoms with Gasteiger partial charge in [-0.2, -0.15) is 11.8 Å². The number of imidazole rings is 1. The van der Waals surface area contributed by atoms with Crippen molar-refractivity contribution in [3.63, 3.8) is 0 Å². The molecule has 1 aromatic rings. The number of nitrogens with zero attached hydrogens (tertiary/aromatic N) is 1. The van der Waals surface area contributed by atoms with Gasteiger partial charge >= 0.3 is 5.97 Å². The Balaban J connectivity index is 2.31. The van der Waals surface area contributed by atoms with E-state index in [0.29, 0.717) is 6.42 Å². The van der Waals surface area contributed by atoms with Gasteiger partial charge in [-0.15, -0.1) is 0 Å². The Morgan fingerprint density at radius 3 is 2.43 bits per heavy atom. The lowest BCUT2D eigenvalue weighted by atomic mass is 10.1. The van der Waals surface area contributed by atoms with Crippen molar-refractivity contribution in [1.29, 1.82) is 0 Å². The Kier molecular flexibility index (Phi) is 12.4. The van der Waals surface area contributed by atoms with Crippen LogP contribution in [0.1, 0.15) is 59.2 Å². The molecule has 0 radical (unpaired) electrons. The average Bonchev–Trinajstić information content (AvgIpc) is 3.16. The molecule has 1 aromatic heterocycles. The second-order valence-corrected chi connectivity index (χ2v) is 8.53. The normalized spacial score (nSPS) is 13.3. The fourth-order valence-electron chi connectivity index (χ4n) is 2.77. The van der Waals surface area contributed by atoms with Gasteiger partial charge in [0.2, 0.25) is 0 Å². The van der Waals surface area contributed by atoms with E-state index in [9.17, 15) is 4.79 Å². The molecule has 0 aliphatic heterocycles. The summed E-state index contributed by atoms with van der Waals surface area (Å²) in [6, 6.07) is 0. The standard InChI is InChI=1S/C23H36N2O2S/c1-18(2)8-6-9-19(3)10-7-11-20(4)12-15-28-17-21(23(26)27-5)16-22-24-13-14-25-22/h8,10,12-14,21H,6-7,9,11,15-17H2,1-5H3,(H,24,25)/b19-10+,20-12+. The number of hydrogen-bond acceptors (Lipinski definition) is 4. The zero-order valence-corrected chi connectivity index (χ0v) is 18.9. The molecule has 1 N–H and O–H groups in total. The molecule has 1 heterocycles. The minimum Gasteiger partial charge on any atom is -0.469 e. The Morgan fingerprint density at radius 1 is 1.14 bits per heavy atom. The van der Waals surface area contributed by atoms with E-state index < -0.39 is 0 Å². The van der Waals surface area contributed by atoms with Gasteiger partial charge in [0.1, 0.15) is 5.82 Å². The van der Waals surface area contributed by atoms with Gasteiger partial charge in [0, 0.05) is 30.3 Å². The first kappa shape index (κ1) is 24.3. The Hall–Kier alpha value is -1.75. The molecule has 0 aliphatic carbocycles. The Labute approximate surface area is 174 Å². The molecule has 0 aromatic carbocycles.